The smallest absolute Gasteiger partial charge is 0.358 e. The number of nitrogens with one attached hydrogen (secondary N) is 2. The molecule has 0 radical (unpaired) electrons. The van der Waals surface area contributed by atoms with Crippen LogP contribution in [0.2, 0.25) is 0 Å². The van der Waals surface area contributed by atoms with Gasteiger partial charge in [-0.25, -0.2) is 4.79 Å². The number of nitrogens with zero attached hydrogens (tertiary/aromatic N) is 1. The van der Waals surface area contributed by atoms with Gasteiger partial charge >= 0.3 is 6.09 Å². The van der Waals surface area contributed by atoms with Gasteiger partial charge in [0.2, 0.25) is 0 Å². The SMILES string of the molecule is Cc1[nH]c2ccccc2c1/C=N/OC(=O)Nc1ccccc1. The quantitative estimate of drug-likeness (QED) is 0.434. The van der Waals surface area contributed by atoms with Crippen LogP contribution in [0.25, 0.3) is 10.9 Å². The van der Waals surface area contributed by atoms with E-state index in [2.05, 4.69) is 15.5 Å². The third-order valence-electron chi connectivity index (χ3n) is 3.28. The Kier molecular flexibility index (Phi) is 3.87. The molecule has 0 aliphatic heterocycles. The summed E-state index contributed by atoms with van der Waals surface area (Å²) in [5.41, 5.74) is 3.56. The first-order chi connectivity index (χ1) is 10.7. The first-order valence-electron chi connectivity index (χ1n) is 6.88. The van der Waals surface area contributed by atoms with E-state index in [0.29, 0.717) is 5.69 Å². The number of carbonyl (C=O) groups is 1. The summed E-state index contributed by atoms with van der Waals surface area (Å²) in [6.07, 6.45) is 0.915. The van der Waals surface area contributed by atoms with Gasteiger partial charge in [0.05, 0.1) is 6.21 Å². The molecule has 0 saturated carbocycles. The molecule has 0 atom stereocenters. The van der Waals surface area contributed by atoms with Gasteiger partial charge in [-0.05, 0) is 25.1 Å². The lowest BCUT2D eigenvalue weighted by Gasteiger charge is -2.01. The number of benzene rings is 2. The zero-order chi connectivity index (χ0) is 15.4. The summed E-state index contributed by atoms with van der Waals surface area (Å²) >= 11 is 0. The van der Waals surface area contributed by atoms with E-state index in [4.69, 9.17) is 4.84 Å². The lowest BCUT2D eigenvalue weighted by atomic mass is 10.1. The van der Waals surface area contributed by atoms with Gasteiger partial charge in [0.25, 0.3) is 0 Å². The number of H-pyrrole nitrogens is 1. The third-order valence-corrected chi connectivity index (χ3v) is 3.28. The maximum Gasteiger partial charge on any atom is 0.437 e. The first-order valence-corrected chi connectivity index (χ1v) is 6.88. The van der Waals surface area contributed by atoms with E-state index in [9.17, 15) is 4.79 Å². The van der Waals surface area contributed by atoms with Crippen molar-refractivity contribution in [1.82, 2.24) is 4.98 Å². The number of carbonyl (C=O) groups excluding carboxylic acids is 1. The molecular weight excluding hydrogens is 278 g/mol. The molecule has 0 saturated heterocycles. The van der Waals surface area contributed by atoms with E-state index in [1.54, 1.807) is 18.3 Å². The lowest BCUT2D eigenvalue weighted by Crippen LogP contribution is -2.10. The Hall–Kier alpha value is -3.08. The molecule has 2 aromatic carbocycles. The van der Waals surface area contributed by atoms with Crippen LogP contribution in [-0.4, -0.2) is 17.3 Å². The van der Waals surface area contributed by atoms with Gasteiger partial charge in [0.15, 0.2) is 0 Å². The number of aryl methyl sites for hydroxylation is 1. The molecule has 0 aliphatic carbocycles. The van der Waals surface area contributed by atoms with E-state index in [0.717, 1.165) is 22.2 Å². The topological polar surface area (TPSA) is 66.5 Å². The summed E-state index contributed by atoms with van der Waals surface area (Å²) in [5, 5.41) is 7.39. The Morgan fingerprint density at radius 2 is 1.86 bits per heavy atom. The minimum atomic E-state index is -0.625. The molecule has 0 aliphatic rings. The highest BCUT2D eigenvalue weighted by atomic mass is 16.7. The van der Waals surface area contributed by atoms with Crippen molar-refractivity contribution in [2.75, 3.05) is 5.32 Å². The predicted molar refractivity (Wildman–Crippen MR) is 87.2 cm³/mol. The summed E-state index contributed by atoms with van der Waals surface area (Å²) in [5.74, 6) is 0. The molecule has 0 bridgehead atoms. The van der Waals surface area contributed by atoms with Crippen LogP contribution in [-0.2, 0) is 4.84 Å². The van der Waals surface area contributed by atoms with E-state index < -0.39 is 6.09 Å². The zero-order valence-electron chi connectivity index (χ0n) is 12.0. The monoisotopic (exact) mass is 293 g/mol. The maximum absolute atomic E-state index is 11.6. The molecule has 0 fully saturated rings. The number of aromatic amines is 1. The number of para-hydroxylation sites is 2. The van der Waals surface area contributed by atoms with E-state index >= 15 is 0 Å². The molecule has 2 N–H and O–H groups in total. The van der Waals surface area contributed by atoms with E-state index in [1.165, 1.54) is 0 Å². The second kappa shape index (κ2) is 6.13. The predicted octanol–water partition coefficient (Wildman–Crippen LogP) is 4.06. The van der Waals surface area contributed by atoms with E-state index in [1.807, 2.05) is 49.4 Å². The molecule has 3 aromatic rings. The van der Waals surface area contributed by atoms with Crippen LogP contribution in [0.3, 0.4) is 0 Å². The van der Waals surface area contributed by atoms with Crippen molar-refractivity contribution in [3.63, 3.8) is 0 Å². The van der Waals surface area contributed by atoms with Crippen LogP contribution < -0.4 is 5.32 Å². The minimum Gasteiger partial charge on any atom is -0.358 e. The Balaban J connectivity index is 1.69. The van der Waals surface area contributed by atoms with Gasteiger partial charge in [-0.1, -0.05) is 41.6 Å². The van der Waals surface area contributed by atoms with Gasteiger partial charge in [0.1, 0.15) is 0 Å². The van der Waals surface area contributed by atoms with Crippen LogP contribution in [0.5, 0.6) is 0 Å². The number of hydrogen-bond acceptors (Lipinski definition) is 3. The molecule has 110 valence electrons. The molecule has 5 heteroatoms. The maximum atomic E-state index is 11.6. The summed E-state index contributed by atoms with van der Waals surface area (Å²) in [4.78, 5) is 19.7. The normalized spacial score (nSPS) is 11.0. The molecule has 5 nitrogen and oxygen atoms in total. The molecule has 1 amide bonds. The molecule has 3 rings (SSSR count). The Morgan fingerprint density at radius 3 is 2.68 bits per heavy atom. The molecule has 1 aromatic heterocycles. The summed E-state index contributed by atoms with van der Waals surface area (Å²) in [7, 11) is 0. The Bertz CT molecular complexity index is 822. The number of fused-ring (bicyclic) bond motifs is 1. The van der Waals surface area contributed by atoms with Gasteiger partial charge in [0, 0.05) is 27.8 Å². The van der Waals surface area contributed by atoms with Crippen molar-refractivity contribution in [3.05, 3.63) is 65.9 Å². The fourth-order valence-electron chi connectivity index (χ4n) is 2.25. The second-order valence-corrected chi connectivity index (χ2v) is 4.81. The lowest BCUT2D eigenvalue weighted by molar-refractivity contribution is 0.167. The molecular formula is C17H15N3O2. The van der Waals surface area contributed by atoms with E-state index in [-0.39, 0.29) is 0 Å². The molecule has 0 unspecified atom stereocenters. The van der Waals surface area contributed by atoms with Crippen LogP contribution in [0.15, 0.2) is 59.8 Å². The average Bonchev–Trinajstić information content (AvgIpc) is 2.84. The molecule has 0 spiro atoms. The minimum absolute atomic E-state index is 0.625. The Labute approximate surface area is 127 Å². The average molecular weight is 293 g/mol. The van der Waals surface area contributed by atoms with Gasteiger partial charge in [-0.3, -0.25) is 10.2 Å². The van der Waals surface area contributed by atoms with Crippen molar-refractivity contribution in [1.29, 1.82) is 0 Å². The largest absolute Gasteiger partial charge is 0.437 e. The number of amides is 1. The van der Waals surface area contributed by atoms with Crippen molar-refractivity contribution in [3.8, 4) is 0 Å². The number of rotatable bonds is 3. The number of anilines is 1. The number of aromatic nitrogens is 1. The van der Waals surface area contributed by atoms with Crippen LogP contribution in [0, 0.1) is 6.92 Å². The summed E-state index contributed by atoms with van der Waals surface area (Å²) in [6, 6.07) is 17.0. The fraction of sp³-hybridized carbons (Fsp3) is 0.0588. The summed E-state index contributed by atoms with van der Waals surface area (Å²) in [6.45, 7) is 1.95. The van der Waals surface area contributed by atoms with Crippen molar-refractivity contribution >= 4 is 28.9 Å². The van der Waals surface area contributed by atoms with Crippen LogP contribution in [0.1, 0.15) is 11.3 Å². The van der Waals surface area contributed by atoms with Gasteiger partial charge < -0.3 is 4.98 Å². The van der Waals surface area contributed by atoms with Crippen molar-refractivity contribution in [2.24, 2.45) is 5.16 Å². The van der Waals surface area contributed by atoms with Gasteiger partial charge in [-0.15, -0.1) is 0 Å². The molecule has 1 heterocycles. The first kappa shape index (κ1) is 13.9. The Morgan fingerprint density at radius 1 is 1.14 bits per heavy atom. The van der Waals surface area contributed by atoms with Crippen molar-refractivity contribution in [2.45, 2.75) is 6.92 Å². The van der Waals surface area contributed by atoms with Crippen LogP contribution >= 0.6 is 0 Å². The highest BCUT2D eigenvalue weighted by Crippen LogP contribution is 2.19. The molecule has 22 heavy (non-hydrogen) atoms. The fourth-order valence-corrected chi connectivity index (χ4v) is 2.25. The van der Waals surface area contributed by atoms with Gasteiger partial charge in [-0.2, -0.15) is 0 Å². The highest BCUT2D eigenvalue weighted by molar-refractivity contribution is 6.00. The third kappa shape index (κ3) is 2.98. The van der Waals surface area contributed by atoms with Crippen molar-refractivity contribution < 1.29 is 9.63 Å². The number of oxime groups is 1. The second-order valence-electron chi connectivity index (χ2n) is 4.81. The zero-order valence-corrected chi connectivity index (χ0v) is 12.0. The summed E-state index contributed by atoms with van der Waals surface area (Å²) < 4.78 is 0. The highest BCUT2D eigenvalue weighted by Gasteiger charge is 2.06. The van der Waals surface area contributed by atoms with Crippen LogP contribution in [0.4, 0.5) is 10.5 Å². The number of hydrogen-bond donors (Lipinski definition) is 2. The standard InChI is InChI=1S/C17H15N3O2/c1-12-15(14-9-5-6-10-16(14)19-12)11-18-22-17(21)20-13-7-3-2-4-8-13/h2-11,19H,1H3,(H,20,21)/b18-11+.